The Balaban J connectivity index is 1.41. The number of likely N-dealkylation sites (tertiary alicyclic amines) is 1. The lowest BCUT2D eigenvalue weighted by molar-refractivity contribution is -0.129. The molecule has 1 aromatic carbocycles. The third-order valence-corrected chi connectivity index (χ3v) is 6.46. The topological polar surface area (TPSA) is 100 Å². The quantitative estimate of drug-likeness (QED) is 0.451. The standard InChI is InChI=1S/C22H30N8OS/c1-3-23-19-25-20(24-4-2)30-21(26-19)27-28-22(30)32-15-18(31)29-14-8-11-17(29)13-12-16-9-6-5-7-10-16/h5-7,9-10,17H,3-4,8,11-15H2,1-2H3,(H2,23,24,25,26,27). The van der Waals surface area contributed by atoms with Crippen LogP contribution in [0, 0.1) is 0 Å². The molecule has 0 aliphatic carbocycles. The summed E-state index contributed by atoms with van der Waals surface area (Å²) in [6, 6.07) is 10.8. The van der Waals surface area contributed by atoms with Crippen LogP contribution in [0.4, 0.5) is 11.9 Å². The number of hydrogen-bond acceptors (Lipinski definition) is 8. The Morgan fingerprint density at radius 3 is 2.72 bits per heavy atom. The Kier molecular flexibility index (Phi) is 7.41. The van der Waals surface area contributed by atoms with Gasteiger partial charge in [-0.3, -0.25) is 4.79 Å². The van der Waals surface area contributed by atoms with Gasteiger partial charge in [0.25, 0.3) is 5.78 Å². The van der Waals surface area contributed by atoms with E-state index in [-0.39, 0.29) is 5.91 Å². The molecule has 10 heteroatoms. The van der Waals surface area contributed by atoms with Crippen LogP contribution in [-0.2, 0) is 11.2 Å². The molecule has 1 aliphatic rings. The van der Waals surface area contributed by atoms with Crippen molar-refractivity contribution in [3.63, 3.8) is 0 Å². The maximum atomic E-state index is 13.0. The molecule has 2 aromatic heterocycles. The molecular formula is C22H30N8OS. The second kappa shape index (κ2) is 10.6. The van der Waals surface area contributed by atoms with E-state index in [1.807, 2.05) is 24.8 Å². The summed E-state index contributed by atoms with van der Waals surface area (Å²) in [6.45, 7) is 6.24. The maximum Gasteiger partial charge on any atom is 0.261 e. The normalized spacial score (nSPS) is 15.9. The molecule has 1 amide bonds. The number of carbonyl (C=O) groups is 1. The minimum Gasteiger partial charge on any atom is -0.355 e. The molecule has 32 heavy (non-hydrogen) atoms. The second-order valence-corrected chi connectivity index (χ2v) is 8.69. The van der Waals surface area contributed by atoms with E-state index >= 15 is 0 Å². The average molecular weight is 455 g/mol. The Hall–Kier alpha value is -2.88. The molecule has 3 heterocycles. The van der Waals surface area contributed by atoms with Crippen LogP contribution in [0.25, 0.3) is 5.78 Å². The minimum atomic E-state index is 0.150. The van der Waals surface area contributed by atoms with E-state index in [4.69, 9.17) is 0 Å². The molecule has 170 valence electrons. The maximum absolute atomic E-state index is 13.0. The summed E-state index contributed by atoms with van der Waals surface area (Å²) < 4.78 is 1.78. The van der Waals surface area contributed by atoms with Crippen LogP contribution in [0.5, 0.6) is 0 Å². The molecule has 1 aliphatic heterocycles. The number of carbonyl (C=O) groups excluding carboxylic acids is 1. The van der Waals surface area contributed by atoms with Crippen LogP contribution in [0.15, 0.2) is 35.5 Å². The third kappa shape index (κ3) is 5.12. The van der Waals surface area contributed by atoms with E-state index in [9.17, 15) is 4.79 Å². The van der Waals surface area contributed by atoms with Crippen molar-refractivity contribution in [3.05, 3.63) is 35.9 Å². The molecular weight excluding hydrogens is 424 g/mol. The molecule has 1 unspecified atom stereocenters. The highest BCUT2D eigenvalue weighted by Gasteiger charge is 2.28. The summed E-state index contributed by atoms with van der Waals surface area (Å²) in [6.07, 6.45) is 4.13. The fourth-order valence-corrected chi connectivity index (χ4v) is 4.86. The number of rotatable bonds is 10. The predicted molar refractivity (Wildman–Crippen MR) is 127 cm³/mol. The zero-order valence-electron chi connectivity index (χ0n) is 18.6. The van der Waals surface area contributed by atoms with Gasteiger partial charge in [0.05, 0.1) is 5.75 Å². The lowest BCUT2D eigenvalue weighted by Gasteiger charge is -2.24. The van der Waals surface area contributed by atoms with Gasteiger partial charge in [-0.15, -0.1) is 10.2 Å². The number of hydrogen-bond donors (Lipinski definition) is 2. The van der Waals surface area contributed by atoms with E-state index in [0.717, 1.165) is 32.2 Å². The van der Waals surface area contributed by atoms with Gasteiger partial charge in [-0.25, -0.2) is 4.40 Å². The van der Waals surface area contributed by atoms with Gasteiger partial charge in [0, 0.05) is 25.7 Å². The summed E-state index contributed by atoms with van der Waals surface area (Å²) in [5.41, 5.74) is 1.32. The second-order valence-electron chi connectivity index (χ2n) is 7.75. The first-order valence-corrected chi connectivity index (χ1v) is 12.2. The largest absolute Gasteiger partial charge is 0.355 e. The SMILES string of the molecule is CCNc1nc(NCC)n2c(SCC(=O)N3CCCC3CCc3ccccc3)nnc2n1. The van der Waals surface area contributed by atoms with Gasteiger partial charge in [0.2, 0.25) is 17.8 Å². The van der Waals surface area contributed by atoms with Gasteiger partial charge in [-0.2, -0.15) is 9.97 Å². The van der Waals surface area contributed by atoms with Crippen molar-refractivity contribution in [1.29, 1.82) is 0 Å². The highest BCUT2D eigenvalue weighted by Crippen LogP contribution is 2.25. The zero-order chi connectivity index (χ0) is 22.3. The van der Waals surface area contributed by atoms with Crippen molar-refractivity contribution in [2.24, 2.45) is 0 Å². The molecule has 9 nitrogen and oxygen atoms in total. The molecule has 4 rings (SSSR count). The fraction of sp³-hybridized carbons (Fsp3) is 0.500. The lowest BCUT2D eigenvalue weighted by atomic mass is 10.0. The number of aromatic nitrogens is 5. The first kappa shape index (κ1) is 22.3. The molecule has 1 fully saturated rings. The van der Waals surface area contributed by atoms with Crippen molar-refractivity contribution in [3.8, 4) is 0 Å². The van der Waals surface area contributed by atoms with E-state index in [2.05, 4.69) is 55.1 Å². The summed E-state index contributed by atoms with van der Waals surface area (Å²) in [4.78, 5) is 24.0. The highest BCUT2D eigenvalue weighted by molar-refractivity contribution is 7.99. The van der Waals surface area contributed by atoms with E-state index in [0.29, 0.717) is 47.7 Å². The summed E-state index contributed by atoms with van der Waals surface area (Å²) in [5.74, 6) is 2.06. The van der Waals surface area contributed by atoms with Crippen LogP contribution in [0.3, 0.4) is 0 Å². The van der Waals surface area contributed by atoms with Gasteiger partial charge in [-0.1, -0.05) is 42.1 Å². The van der Waals surface area contributed by atoms with Crippen LogP contribution in [0.1, 0.15) is 38.7 Å². The van der Waals surface area contributed by atoms with Gasteiger partial charge in [0.15, 0.2) is 5.16 Å². The molecule has 0 radical (unpaired) electrons. The van der Waals surface area contributed by atoms with Crippen LogP contribution in [-0.4, -0.2) is 66.8 Å². The lowest BCUT2D eigenvalue weighted by Crippen LogP contribution is -2.37. The number of nitrogens with one attached hydrogen (secondary N) is 2. The molecule has 2 N–H and O–H groups in total. The van der Waals surface area contributed by atoms with Gasteiger partial charge >= 0.3 is 0 Å². The van der Waals surface area contributed by atoms with E-state index in [1.165, 1.54) is 17.3 Å². The number of thioether (sulfide) groups is 1. The van der Waals surface area contributed by atoms with Crippen LogP contribution < -0.4 is 10.6 Å². The predicted octanol–water partition coefficient (Wildman–Crippen LogP) is 3.10. The van der Waals surface area contributed by atoms with E-state index in [1.54, 1.807) is 4.40 Å². The Morgan fingerprint density at radius 2 is 1.94 bits per heavy atom. The summed E-state index contributed by atoms with van der Waals surface area (Å²) >= 11 is 1.39. The van der Waals surface area contributed by atoms with Crippen LogP contribution >= 0.6 is 11.8 Å². The first-order valence-electron chi connectivity index (χ1n) is 11.3. The third-order valence-electron chi connectivity index (χ3n) is 5.55. The number of nitrogens with zero attached hydrogens (tertiary/aromatic N) is 6. The number of amides is 1. The Labute approximate surface area is 192 Å². The fourth-order valence-electron chi connectivity index (χ4n) is 4.05. The van der Waals surface area contributed by atoms with Crippen molar-refractivity contribution >= 4 is 35.3 Å². The Morgan fingerprint density at radius 1 is 1.12 bits per heavy atom. The van der Waals surface area contributed by atoms with Crippen molar-refractivity contribution in [1.82, 2.24) is 29.5 Å². The van der Waals surface area contributed by atoms with Crippen molar-refractivity contribution in [2.75, 3.05) is 36.0 Å². The smallest absolute Gasteiger partial charge is 0.261 e. The molecule has 0 saturated carbocycles. The first-order chi connectivity index (χ1) is 15.7. The number of aryl methyl sites for hydroxylation is 1. The molecule has 1 atom stereocenters. The summed E-state index contributed by atoms with van der Waals surface area (Å²) in [7, 11) is 0. The number of benzene rings is 1. The number of anilines is 2. The van der Waals surface area contributed by atoms with E-state index < -0.39 is 0 Å². The number of fused-ring (bicyclic) bond motifs is 1. The monoisotopic (exact) mass is 454 g/mol. The average Bonchev–Trinajstić information content (AvgIpc) is 3.44. The van der Waals surface area contributed by atoms with Crippen molar-refractivity contribution < 1.29 is 4.79 Å². The molecule has 3 aromatic rings. The van der Waals surface area contributed by atoms with Crippen molar-refractivity contribution in [2.45, 2.75) is 50.7 Å². The van der Waals surface area contributed by atoms with Gasteiger partial charge in [0.1, 0.15) is 0 Å². The molecule has 0 spiro atoms. The Bertz CT molecular complexity index is 1040. The highest BCUT2D eigenvalue weighted by atomic mass is 32.2. The van der Waals surface area contributed by atoms with Gasteiger partial charge in [-0.05, 0) is 45.1 Å². The van der Waals surface area contributed by atoms with Gasteiger partial charge < -0.3 is 15.5 Å². The summed E-state index contributed by atoms with van der Waals surface area (Å²) in [5, 5.41) is 15.4. The minimum absolute atomic E-state index is 0.150. The zero-order valence-corrected chi connectivity index (χ0v) is 19.4. The molecule has 1 saturated heterocycles. The van der Waals surface area contributed by atoms with Crippen LogP contribution in [0.2, 0.25) is 0 Å². The molecule has 0 bridgehead atoms.